The van der Waals surface area contributed by atoms with Crippen LogP contribution in [0.1, 0.15) is 15.9 Å². The van der Waals surface area contributed by atoms with Crippen LogP contribution in [0.15, 0.2) is 48.7 Å². The molecule has 0 bridgehead atoms. The molecular weight excluding hydrogens is 356 g/mol. The van der Waals surface area contributed by atoms with Gasteiger partial charge in [-0.15, -0.1) is 0 Å². The standard InChI is InChI=1S/C15H9FINO/c16-9-5-6-11(13(17)7-9)15(19)12-8-18-14-4-2-1-3-10(12)14/h1-8,18H. The minimum absolute atomic E-state index is 0.0955. The molecule has 2 nitrogen and oxygen atoms in total. The first-order valence-corrected chi connectivity index (χ1v) is 6.80. The first-order valence-electron chi connectivity index (χ1n) is 5.72. The molecule has 1 heterocycles. The molecular formula is C15H9FINO. The summed E-state index contributed by atoms with van der Waals surface area (Å²) < 4.78 is 13.7. The van der Waals surface area contributed by atoms with Gasteiger partial charge in [0, 0.05) is 31.8 Å². The van der Waals surface area contributed by atoms with Crippen LogP contribution in [-0.2, 0) is 0 Å². The number of nitrogens with one attached hydrogen (secondary N) is 1. The third-order valence-electron chi connectivity index (χ3n) is 3.01. The fraction of sp³-hybridized carbons (Fsp3) is 0. The van der Waals surface area contributed by atoms with E-state index in [-0.39, 0.29) is 11.6 Å². The summed E-state index contributed by atoms with van der Waals surface area (Å²) in [4.78, 5) is 15.6. The number of fused-ring (bicyclic) bond motifs is 1. The smallest absolute Gasteiger partial charge is 0.196 e. The Labute approximate surface area is 122 Å². The highest BCUT2D eigenvalue weighted by molar-refractivity contribution is 14.1. The lowest BCUT2D eigenvalue weighted by Crippen LogP contribution is -2.03. The second-order valence-corrected chi connectivity index (χ2v) is 5.36. The van der Waals surface area contributed by atoms with Crippen LogP contribution >= 0.6 is 22.6 Å². The van der Waals surface area contributed by atoms with Crippen LogP contribution < -0.4 is 0 Å². The van der Waals surface area contributed by atoms with E-state index in [2.05, 4.69) is 4.98 Å². The zero-order valence-corrected chi connectivity index (χ0v) is 11.9. The van der Waals surface area contributed by atoms with Gasteiger partial charge in [0.1, 0.15) is 5.82 Å². The largest absolute Gasteiger partial charge is 0.360 e. The third kappa shape index (κ3) is 2.16. The van der Waals surface area contributed by atoms with Crippen molar-refractivity contribution in [2.75, 3.05) is 0 Å². The lowest BCUT2D eigenvalue weighted by atomic mass is 10.0. The van der Waals surface area contributed by atoms with Crippen molar-refractivity contribution in [3.05, 3.63) is 69.2 Å². The number of halogens is 2. The first kappa shape index (κ1) is 12.3. The zero-order valence-electron chi connectivity index (χ0n) is 9.78. The SMILES string of the molecule is O=C(c1ccc(F)cc1I)c1c[nH]c2ccccc12. The van der Waals surface area contributed by atoms with E-state index in [0.717, 1.165) is 10.9 Å². The fourth-order valence-electron chi connectivity index (χ4n) is 2.08. The average molecular weight is 365 g/mol. The summed E-state index contributed by atoms with van der Waals surface area (Å²) in [6, 6.07) is 11.8. The highest BCUT2D eigenvalue weighted by Crippen LogP contribution is 2.23. The highest BCUT2D eigenvalue weighted by Gasteiger charge is 2.16. The van der Waals surface area contributed by atoms with E-state index < -0.39 is 0 Å². The molecule has 4 heteroatoms. The summed E-state index contributed by atoms with van der Waals surface area (Å²) in [5, 5.41) is 0.882. The topological polar surface area (TPSA) is 32.9 Å². The van der Waals surface area contributed by atoms with Gasteiger partial charge in [0.05, 0.1) is 0 Å². The van der Waals surface area contributed by atoms with Crippen LogP contribution in [0.5, 0.6) is 0 Å². The lowest BCUT2D eigenvalue weighted by Gasteiger charge is -2.03. The third-order valence-corrected chi connectivity index (χ3v) is 3.90. The van der Waals surface area contributed by atoms with Gasteiger partial charge < -0.3 is 4.98 Å². The minimum atomic E-state index is -0.333. The molecule has 0 spiro atoms. The maximum atomic E-state index is 13.1. The molecule has 0 aliphatic rings. The van der Waals surface area contributed by atoms with Crippen LogP contribution in [0.3, 0.4) is 0 Å². The maximum absolute atomic E-state index is 13.1. The summed E-state index contributed by atoms with van der Waals surface area (Å²) in [6.45, 7) is 0. The predicted octanol–water partition coefficient (Wildman–Crippen LogP) is 4.14. The number of para-hydroxylation sites is 1. The van der Waals surface area contributed by atoms with Crippen molar-refractivity contribution >= 4 is 39.3 Å². The van der Waals surface area contributed by atoms with Crippen molar-refractivity contribution in [1.29, 1.82) is 0 Å². The second-order valence-electron chi connectivity index (χ2n) is 4.20. The number of carbonyl (C=O) groups is 1. The Hall–Kier alpha value is -1.69. The van der Waals surface area contributed by atoms with E-state index in [0.29, 0.717) is 14.7 Å². The summed E-state index contributed by atoms with van der Waals surface area (Å²) in [6.07, 6.45) is 1.70. The molecule has 0 aliphatic carbocycles. The molecule has 0 amide bonds. The molecule has 2 aromatic carbocycles. The molecule has 1 N–H and O–H groups in total. The van der Waals surface area contributed by atoms with Crippen molar-refractivity contribution in [3.8, 4) is 0 Å². The molecule has 0 unspecified atom stereocenters. The average Bonchev–Trinajstić information content (AvgIpc) is 2.82. The molecule has 0 aliphatic heterocycles. The van der Waals surface area contributed by atoms with Crippen LogP contribution in [-0.4, -0.2) is 10.8 Å². The monoisotopic (exact) mass is 365 g/mol. The quantitative estimate of drug-likeness (QED) is 0.537. The Morgan fingerprint density at radius 3 is 2.68 bits per heavy atom. The van der Waals surface area contributed by atoms with E-state index in [1.807, 2.05) is 46.9 Å². The number of rotatable bonds is 2. The molecule has 0 fully saturated rings. The van der Waals surface area contributed by atoms with Crippen LogP contribution in [0.25, 0.3) is 10.9 Å². The van der Waals surface area contributed by atoms with Gasteiger partial charge in [-0.1, -0.05) is 18.2 Å². The van der Waals surface area contributed by atoms with Gasteiger partial charge in [-0.25, -0.2) is 4.39 Å². The number of hydrogen-bond acceptors (Lipinski definition) is 1. The van der Waals surface area contributed by atoms with Crippen molar-refractivity contribution in [1.82, 2.24) is 4.98 Å². The van der Waals surface area contributed by atoms with Gasteiger partial charge in [-0.05, 0) is 46.9 Å². The molecule has 0 atom stereocenters. The van der Waals surface area contributed by atoms with E-state index in [4.69, 9.17) is 0 Å². The summed E-state index contributed by atoms with van der Waals surface area (Å²) in [7, 11) is 0. The molecule has 0 saturated heterocycles. The molecule has 3 rings (SSSR count). The van der Waals surface area contributed by atoms with Crippen LogP contribution in [0.4, 0.5) is 4.39 Å². The van der Waals surface area contributed by atoms with Gasteiger partial charge >= 0.3 is 0 Å². The number of ketones is 1. The number of hydrogen-bond donors (Lipinski definition) is 1. The Morgan fingerprint density at radius 2 is 1.89 bits per heavy atom. The van der Waals surface area contributed by atoms with Gasteiger partial charge in [-0.3, -0.25) is 4.79 Å². The number of carbonyl (C=O) groups excluding carboxylic acids is 1. The lowest BCUT2D eigenvalue weighted by molar-refractivity contribution is 0.103. The van der Waals surface area contributed by atoms with E-state index in [1.165, 1.54) is 18.2 Å². The highest BCUT2D eigenvalue weighted by atomic mass is 127. The van der Waals surface area contributed by atoms with E-state index in [1.54, 1.807) is 6.20 Å². The molecule has 0 radical (unpaired) electrons. The Kier molecular flexibility index (Phi) is 3.10. The van der Waals surface area contributed by atoms with Gasteiger partial charge in [-0.2, -0.15) is 0 Å². The molecule has 3 aromatic rings. The first-order chi connectivity index (χ1) is 9.16. The van der Waals surface area contributed by atoms with Crippen molar-refractivity contribution in [3.63, 3.8) is 0 Å². The normalized spacial score (nSPS) is 10.8. The zero-order chi connectivity index (χ0) is 13.4. The van der Waals surface area contributed by atoms with Crippen molar-refractivity contribution in [2.45, 2.75) is 0 Å². The van der Waals surface area contributed by atoms with Crippen LogP contribution in [0.2, 0.25) is 0 Å². The van der Waals surface area contributed by atoms with Crippen molar-refractivity contribution < 1.29 is 9.18 Å². The van der Waals surface area contributed by atoms with Crippen LogP contribution in [0, 0.1) is 9.39 Å². The second kappa shape index (κ2) is 4.77. The number of aromatic amines is 1. The Bertz CT molecular complexity index is 779. The van der Waals surface area contributed by atoms with Gasteiger partial charge in [0.25, 0.3) is 0 Å². The van der Waals surface area contributed by atoms with E-state index in [9.17, 15) is 9.18 Å². The Morgan fingerprint density at radius 1 is 1.11 bits per heavy atom. The number of benzene rings is 2. The number of H-pyrrole nitrogens is 1. The summed E-state index contributed by atoms with van der Waals surface area (Å²) >= 11 is 1.98. The molecule has 0 saturated carbocycles. The number of aromatic nitrogens is 1. The molecule has 1 aromatic heterocycles. The Balaban J connectivity index is 2.13. The summed E-state index contributed by atoms with van der Waals surface area (Å²) in [5.41, 5.74) is 2.05. The van der Waals surface area contributed by atoms with Gasteiger partial charge in [0.2, 0.25) is 0 Å². The molecule has 19 heavy (non-hydrogen) atoms. The van der Waals surface area contributed by atoms with E-state index >= 15 is 0 Å². The predicted molar refractivity (Wildman–Crippen MR) is 80.8 cm³/mol. The minimum Gasteiger partial charge on any atom is -0.360 e. The van der Waals surface area contributed by atoms with Gasteiger partial charge in [0.15, 0.2) is 5.78 Å². The van der Waals surface area contributed by atoms with Crippen molar-refractivity contribution in [2.24, 2.45) is 0 Å². The fourth-order valence-corrected chi connectivity index (χ4v) is 2.80. The molecule has 94 valence electrons. The summed E-state index contributed by atoms with van der Waals surface area (Å²) in [5.74, 6) is -0.429. The maximum Gasteiger partial charge on any atom is 0.196 e.